The summed E-state index contributed by atoms with van der Waals surface area (Å²) in [6.45, 7) is 6.66. The molecule has 1 saturated heterocycles. The van der Waals surface area contributed by atoms with E-state index in [4.69, 9.17) is 15.2 Å². The van der Waals surface area contributed by atoms with Gasteiger partial charge in [0.2, 0.25) is 0 Å². The summed E-state index contributed by atoms with van der Waals surface area (Å²) in [5, 5.41) is 0. The number of fused-ring (bicyclic) bond motifs is 1. The quantitative estimate of drug-likeness (QED) is 0.772. The largest absolute Gasteiger partial charge is 0.444 e. The summed E-state index contributed by atoms with van der Waals surface area (Å²) in [5.74, 6) is 0. The number of nitrogens with zero attached hydrogens (tertiary/aromatic N) is 1. The van der Waals surface area contributed by atoms with Crippen molar-refractivity contribution in [1.82, 2.24) is 4.90 Å². The van der Waals surface area contributed by atoms with Crippen LogP contribution in [0.3, 0.4) is 0 Å². The van der Waals surface area contributed by atoms with Crippen LogP contribution in [0.4, 0.5) is 4.79 Å². The Labute approximate surface area is 109 Å². The van der Waals surface area contributed by atoms with Crippen molar-refractivity contribution in [1.29, 1.82) is 0 Å². The van der Waals surface area contributed by atoms with E-state index >= 15 is 0 Å². The fourth-order valence-corrected chi connectivity index (χ4v) is 2.73. The maximum Gasteiger partial charge on any atom is 0.410 e. The summed E-state index contributed by atoms with van der Waals surface area (Å²) >= 11 is 0. The van der Waals surface area contributed by atoms with E-state index in [1.165, 1.54) is 0 Å². The lowest BCUT2D eigenvalue weighted by atomic mass is 10.1. The maximum absolute atomic E-state index is 12.2. The number of carbonyl (C=O) groups excluding carboxylic acids is 1. The molecule has 2 fully saturated rings. The zero-order valence-corrected chi connectivity index (χ0v) is 11.5. The van der Waals surface area contributed by atoms with Crippen molar-refractivity contribution in [3.63, 3.8) is 0 Å². The molecule has 2 N–H and O–H groups in total. The highest BCUT2D eigenvalue weighted by molar-refractivity contribution is 5.69. The molecule has 1 aliphatic heterocycles. The maximum atomic E-state index is 12.2. The predicted octanol–water partition coefficient (Wildman–Crippen LogP) is 1.50. The minimum Gasteiger partial charge on any atom is -0.444 e. The van der Waals surface area contributed by atoms with Crippen LogP contribution >= 0.6 is 0 Å². The van der Waals surface area contributed by atoms with E-state index in [1.54, 1.807) is 0 Å². The first-order valence-corrected chi connectivity index (χ1v) is 6.76. The predicted molar refractivity (Wildman–Crippen MR) is 68.3 cm³/mol. The average Bonchev–Trinajstić information content (AvgIpc) is 2.72. The standard InChI is InChI=1S/C13H24N2O3/c1-13(2,3)18-12(16)15-8-9(7-14)17-11-6-4-5-10(11)15/h9-11H,4-8,14H2,1-3H3/t9-,10+,11+/m0/s1. The van der Waals surface area contributed by atoms with Crippen LogP contribution in [0.25, 0.3) is 0 Å². The monoisotopic (exact) mass is 256 g/mol. The van der Waals surface area contributed by atoms with E-state index in [0.29, 0.717) is 13.1 Å². The molecular formula is C13H24N2O3. The second-order valence-corrected chi connectivity index (χ2v) is 6.16. The van der Waals surface area contributed by atoms with E-state index in [2.05, 4.69) is 0 Å². The second kappa shape index (κ2) is 5.05. The molecule has 104 valence electrons. The Hall–Kier alpha value is -0.810. The smallest absolute Gasteiger partial charge is 0.410 e. The molecule has 2 rings (SSSR count). The van der Waals surface area contributed by atoms with Gasteiger partial charge in [-0.3, -0.25) is 4.90 Å². The van der Waals surface area contributed by atoms with E-state index in [0.717, 1.165) is 19.3 Å². The van der Waals surface area contributed by atoms with Crippen molar-refractivity contribution in [2.24, 2.45) is 5.73 Å². The molecule has 0 aromatic heterocycles. The summed E-state index contributed by atoms with van der Waals surface area (Å²) in [6, 6.07) is 0.169. The number of carbonyl (C=O) groups is 1. The van der Waals surface area contributed by atoms with Crippen LogP contribution in [0.15, 0.2) is 0 Å². The number of rotatable bonds is 1. The first-order chi connectivity index (χ1) is 8.40. The van der Waals surface area contributed by atoms with Crippen LogP contribution in [0.5, 0.6) is 0 Å². The Morgan fingerprint density at radius 1 is 1.44 bits per heavy atom. The fourth-order valence-electron chi connectivity index (χ4n) is 2.73. The van der Waals surface area contributed by atoms with Gasteiger partial charge >= 0.3 is 6.09 Å². The molecule has 1 amide bonds. The molecule has 0 aromatic rings. The molecule has 0 radical (unpaired) electrons. The number of morpholine rings is 1. The molecule has 0 aromatic carbocycles. The second-order valence-electron chi connectivity index (χ2n) is 6.16. The van der Waals surface area contributed by atoms with Gasteiger partial charge in [0.25, 0.3) is 0 Å². The molecule has 3 atom stereocenters. The fraction of sp³-hybridized carbons (Fsp3) is 0.923. The molecule has 1 heterocycles. The molecule has 0 spiro atoms. The third-order valence-corrected chi connectivity index (χ3v) is 3.48. The molecule has 5 heteroatoms. The van der Waals surface area contributed by atoms with Gasteiger partial charge in [0, 0.05) is 6.54 Å². The van der Waals surface area contributed by atoms with E-state index in [-0.39, 0.29) is 24.3 Å². The number of hydrogen-bond donors (Lipinski definition) is 1. The Morgan fingerprint density at radius 2 is 2.17 bits per heavy atom. The molecule has 0 bridgehead atoms. The van der Waals surface area contributed by atoms with Crippen LogP contribution in [-0.4, -0.2) is 47.9 Å². The summed E-state index contributed by atoms with van der Waals surface area (Å²) in [4.78, 5) is 14.0. The molecule has 2 aliphatic rings. The van der Waals surface area contributed by atoms with E-state index < -0.39 is 5.60 Å². The highest BCUT2D eigenvalue weighted by Gasteiger charge is 2.42. The average molecular weight is 256 g/mol. The van der Waals surface area contributed by atoms with Crippen LogP contribution in [0, 0.1) is 0 Å². The topological polar surface area (TPSA) is 64.8 Å². The van der Waals surface area contributed by atoms with Gasteiger partial charge in [0.15, 0.2) is 0 Å². The van der Waals surface area contributed by atoms with Gasteiger partial charge in [-0.2, -0.15) is 0 Å². The Morgan fingerprint density at radius 3 is 2.78 bits per heavy atom. The lowest BCUT2D eigenvalue weighted by Gasteiger charge is -2.41. The number of amides is 1. The highest BCUT2D eigenvalue weighted by Crippen LogP contribution is 2.32. The van der Waals surface area contributed by atoms with Crippen molar-refractivity contribution in [3.8, 4) is 0 Å². The summed E-state index contributed by atoms with van der Waals surface area (Å²) in [5.41, 5.74) is 5.22. The molecule has 1 saturated carbocycles. The lowest BCUT2D eigenvalue weighted by molar-refractivity contribution is -0.103. The zero-order chi connectivity index (χ0) is 13.3. The van der Waals surface area contributed by atoms with Crippen molar-refractivity contribution >= 4 is 6.09 Å². The molecule has 0 unspecified atom stereocenters. The molecule has 1 aliphatic carbocycles. The van der Waals surface area contributed by atoms with Crippen LogP contribution in [-0.2, 0) is 9.47 Å². The van der Waals surface area contributed by atoms with Crippen molar-refractivity contribution in [3.05, 3.63) is 0 Å². The minimum absolute atomic E-state index is 0.0585. The Kier molecular flexibility index (Phi) is 3.82. The van der Waals surface area contributed by atoms with Gasteiger partial charge in [-0.15, -0.1) is 0 Å². The zero-order valence-electron chi connectivity index (χ0n) is 11.5. The van der Waals surface area contributed by atoms with Gasteiger partial charge in [0.05, 0.1) is 24.8 Å². The summed E-state index contributed by atoms with van der Waals surface area (Å²) in [6.07, 6.45) is 2.96. The van der Waals surface area contributed by atoms with Gasteiger partial charge in [0.1, 0.15) is 5.60 Å². The molecular weight excluding hydrogens is 232 g/mol. The number of nitrogens with two attached hydrogens (primary N) is 1. The SMILES string of the molecule is CC(C)(C)OC(=O)N1C[C@H](CN)O[C@@H]2CCC[C@H]21. The lowest BCUT2D eigenvalue weighted by Crippen LogP contribution is -2.57. The highest BCUT2D eigenvalue weighted by atomic mass is 16.6. The third-order valence-electron chi connectivity index (χ3n) is 3.48. The first-order valence-electron chi connectivity index (χ1n) is 6.76. The van der Waals surface area contributed by atoms with Crippen molar-refractivity contribution in [2.75, 3.05) is 13.1 Å². The van der Waals surface area contributed by atoms with Gasteiger partial charge in [-0.1, -0.05) is 0 Å². The van der Waals surface area contributed by atoms with Crippen LogP contribution in [0.1, 0.15) is 40.0 Å². The number of ether oxygens (including phenoxy) is 2. The molecule has 18 heavy (non-hydrogen) atoms. The minimum atomic E-state index is -0.457. The van der Waals surface area contributed by atoms with Gasteiger partial charge < -0.3 is 15.2 Å². The van der Waals surface area contributed by atoms with Crippen LogP contribution < -0.4 is 5.73 Å². The summed E-state index contributed by atoms with van der Waals surface area (Å²) in [7, 11) is 0. The first kappa shape index (κ1) is 13.6. The van der Waals surface area contributed by atoms with Gasteiger partial charge in [-0.25, -0.2) is 4.79 Å². The van der Waals surface area contributed by atoms with Crippen molar-refractivity contribution < 1.29 is 14.3 Å². The van der Waals surface area contributed by atoms with Crippen LogP contribution in [0.2, 0.25) is 0 Å². The summed E-state index contributed by atoms with van der Waals surface area (Å²) < 4.78 is 11.4. The Balaban J connectivity index is 2.06. The van der Waals surface area contributed by atoms with Crippen molar-refractivity contribution in [2.45, 2.75) is 63.9 Å². The third kappa shape index (κ3) is 2.95. The van der Waals surface area contributed by atoms with E-state index in [9.17, 15) is 4.79 Å². The number of hydrogen-bond acceptors (Lipinski definition) is 4. The van der Waals surface area contributed by atoms with E-state index in [1.807, 2.05) is 25.7 Å². The van der Waals surface area contributed by atoms with Gasteiger partial charge in [-0.05, 0) is 40.0 Å². The Bertz CT molecular complexity index is 314. The normalized spacial score (nSPS) is 32.2. The molecule has 5 nitrogen and oxygen atoms in total.